The van der Waals surface area contributed by atoms with Crippen LogP contribution in [0.2, 0.25) is 0 Å². The molecule has 0 radical (unpaired) electrons. The van der Waals surface area contributed by atoms with Crippen molar-refractivity contribution in [2.75, 3.05) is 57.6 Å². The predicted octanol–water partition coefficient (Wildman–Crippen LogP) is 5.31. The number of nitrogens with zero attached hydrogens (tertiary/aromatic N) is 13. The molecule has 0 aromatic heterocycles. The van der Waals surface area contributed by atoms with Crippen molar-refractivity contribution < 1.29 is 22.8 Å². The zero-order chi connectivity index (χ0) is 32.7. The smallest absolute Gasteiger partial charge is 0.290 e. The van der Waals surface area contributed by atoms with Crippen molar-refractivity contribution in [3.05, 3.63) is 49.1 Å². The van der Waals surface area contributed by atoms with Crippen molar-refractivity contribution in [3.63, 3.8) is 0 Å². The molecule has 28 nitrogen and oxygen atoms in total. The van der Waals surface area contributed by atoms with Gasteiger partial charge < -0.3 is 0 Å². The zero-order valence-corrected chi connectivity index (χ0v) is 25.0. The molecule has 0 amide bonds. The average Bonchev–Trinajstić information content (AvgIpc) is 3.01. The highest BCUT2D eigenvalue weighted by Gasteiger charge is 2.37. The van der Waals surface area contributed by atoms with E-state index in [9.17, 15) is 71.9 Å². The molecule has 0 aliphatic rings. The van der Waals surface area contributed by atoms with Gasteiger partial charge in [-0.15, -0.1) is 49.1 Å². The summed E-state index contributed by atoms with van der Waals surface area (Å²) in [4.78, 5) is 131. The van der Waals surface area contributed by atoms with E-state index in [-0.39, 0.29) is 0 Å². The Balaban J connectivity index is 6.38. The second-order valence-corrected chi connectivity index (χ2v) is 17.4. The van der Waals surface area contributed by atoms with E-state index >= 15 is 0 Å². The summed E-state index contributed by atoms with van der Waals surface area (Å²) < 4.78 is 60.7. The first-order valence-electron chi connectivity index (χ1n) is 10.2. The largest absolute Gasteiger partial charge is 0.387 e. The van der Waals surface area contributed by atoms with Gasteiger partial charge in [-0.1, -0.05) is 0 Å². The molecule has 0 aliphatic heterocycles. The molecular formula is C9H18N13O15P5. The molecular weight excluding hydrogens is 685 g/mol. The molecule has 0 aromatic rings. The topological polar surface area (TPSA) is 389 Å². The lowest BCUT2D eigenvalue weighted by Gasteiger charge is -2.29. The van der Waals surface area contributed by atoms with Crippen molar-refractivity contribution in [2.24, 2.45) is 49.5 Å². The summed E-state index contributed by atoms with van der Waals surface area (Å²) in [5.41, 5.74) is 0. The third-order valence-corrected chi connectivity index (χ3v) is 11.1. The van der Waals surface area contributed by atoms with E-state index in [0.717, 1.165) is 4.90 Å². The van der Waals surface area contributed by atoms with Gasteiger partial charge in [-0.2, -0.15) is 0 Å². The second-order valence-electron chi connectivity index (χ2n) is 7.75. The summed E-state index contributed by atoms with van der Waals surface area (Å²) in [6.45, 7) is -2.83. The number of hydrogen-bond acceptors (Lipinski definition) is 18. The molecule has 0 heterocycles. The van der Waals surface area contributed by atoms with E-state index in [0.29, 0.717) is 9.80 Å². The van der Waals surface area contributed by atoms with Gasteiger partial charge in [0.05, 0.1) is 31.4 Å². The number of rotatable bonds is 26. The first-order valence-corrected chi connectivity index (χ1v) is 19.2. The Labute approximate surface area is 231 Å². The van der Waals surface area contributed by atoms with Crippen LogP contribution in [0.3, 0.4) is 0 Å². The number of nitroso groups, excluding NO2 is 10. The van der Waals surface area contributed by atoms with Crippen LogP contribution >= 0.6 is 37.2 Å². The van der Waals surface area contributed by atoms with Crippen LogP contribution in [0.25, 0.3) is 0 Å². The highest BCUT2D eigenvalue weighted by Crippen LogP contribution is 2.55. The lowest BCUT2D eigenvalue weighted by Crippen LogP contribution is -2.40. The molecule has 0 atom stereocenters. The normalized spacial score (nSPS) is 12.8. The van der Waals surface area contributed by atoms with E-state index in [2.05, 4.69) is 9.89 Å². The Bertz CT molecular complexity index is 1110. The van der Waals surface area contributed by atoms with Crippen LogP contribution in [0, 0.1) is 49.1 Å². The Morgan fingerprint density at radius 2 is 0.429 bits per heavy atom. The zero-order valence-electron chi connectivity index (χ0n) is 20.5. The van der Waals surface area contributed by atoms with Crippen molar-refractivity contribution in [1.29, 1.82) is 0 Å². The molecule has 0 aromatic carbocycles. The van der Waals surface area contributed by atoms with Crippen LogP contribution in [0.15, 0.2) is 49.5 Å². The Kier molecular flexibility index (Phi) is 16.0. The highest BCUT2D eigenvalue weighted by atomic mass is 31.2. The molecule has 0 spiro atoms. The van der Waals surface area contributed by atoms with Crippen LogP contribution in [0.1, 0.15) is 0 Å². The molecule has 42 heavy (non-hydrogen) atoms. The van der Waals surface area contributed by atoms with Crippen LogP contribution in [0.4, 0.5) is 0 Å². The van der Waals surface area contributed by atoms with Gasteiger partial charge in [-0.3, -0.25) is 37.5 Å². The van der Waals surface area contributed by atoms with E-state index in [4.69, 9.17) is 0 Å². The minimum absolute atomic E-state index is 0.549. The highest BCUT2D eigenvalue weighted by molar-refractivity contribution is 7.62. The lowest BCUT2D eigenvalue weighted by atomic mass is 10.4. The maximum atomic E-state index is 12.3. The van der Waals surface area contributed by atoms with Crippen LogP contribution in [-0.2, 0) is 22.8 Å². The van der Waals surface area contributed by atoms with Crippen molar-refractivity contribution in [2.45, 2.75) is 0 Å². The van der Waals surface area contributed by atoms with Gasteiger partial charge in [-0.05, 0) is 0 Å². The van der Waals surface area contributed by atoms with Gasteiger partial charge in [0.2, 0.25) is 0 Å². The van der Waals surface area contributed by atoms with Gasteiger partial charge in [0, 0.05) is 75.7 Å². The average molecular weight is 703 g/mol. The fourth-order valence-electron chi connectivity index (χ4n) is 2.83. The summed E-state index contributed by atoms with van der Waals surface area (Å²) in [6, 6.07) is 0. The third kappa shape index (κ3) is 12.5. The summed E-state index contributed by atoms with van der Waals surface area (Å²) in [5.74, 6) is 0. The van der Waals surface area contributed by atoms with Gasteiger partial charge in [-0.25, -0.2) is 0 Å². The molecule has 234 valence electrons. The fraction of sp³-hybridized carbons (Fsp3) is 1.00. The SMILES string of the molecule is O=NP(=O)(CN(CCN(CP(=O)(N=O)N=O)CP(=O)(N=O)N=O)CCN(CP(=O)(N=O)N=O)CP(=O)(N=O)N=O)N=O. The second kappa shape index (κ2) is 17.2. The van der Waals surface area contributed by atoms with Crippen molar-refractivity contribution >= 4 is 37.2 Å². The summed E-state index contributed by atoms with van der Waals surface area (Å²) in [5, 5.41) is 0. The third-order valence-electron chi connectivity index (χ3n) is 4.66. The van der Waals surface area contributed by atoms with Gasteiger partial charge in [0.25, 0.3) is 0 Å². The maximum Gasteiger partial charge on any atom is 0.387 e. The lowest BCUT2D eigenvalue weighted by molar-refractivity contribution is 0.226. The van der Waals surface area contributed by atoms with Crippen LogP contribution in [-0.4, -0.2) is 72.3 Å². The Morgan fingerprint density at radius 1 is 0.286 bits per heavy atom. The first kappa shape index (κ1) is 39.0. The summed E-state index contributed by atoms with van der Waals surface area (Å²) >= 11 is 0. The van der Waals surface area contributed by atoms with Crippen LogP contribution in [0.5, 0.6) is 0 Å². The van der Waals surface area contributed by atoms with Crippen LogP contribution < -0.4 is 0 Å². The molecule has 0 aliphatic carbocycles. The predicted molar refractivity (Wildman–Crippen MR) is 145 cm³/mol. The quantitative estimate of drug-likeness (QED) is 0.0812. The standard InChI is InChI=1S/C9H18N13O15P5/c23-10-38(33,11-24)5-20(1-3-21(6-39(34,12-25)13-26)7-40(35,14-27)15-28)2-4-22(8-41(36,16-29)17-30)9-42(37,18-31)19-32/h1-9H2. The van der Waals surface area contributed by atoms with E-state index in [1.165, 1.54) is 0 Å². The van der Waals surface area contributed by atoms with Gasteiger partial charge in [0.15, 0.2) is 0 Å². The van der Waals surface area contributed by atoms with Gasteiger partial charge in [0.1, 0.15) is 0 Å². The number of hydrogen-bond donors (Lipinski definition) is 0. The molecule has 0 bridgehead atoms. The Hall–Kier alpha value is -2.97. The van der Waals surface area contributed by atoms with E-state index in [1.54, 1.807) is 0 Å². The molecule has 0 N–H and O–H groups in total. The maximum absolute atomic E-state index is 12.3. The van der Waals surface area contributed by atoms with Gasteiger partial charge >= 0.3 is 37.2 Å². The molecule has 0 saturated heterocycles. The van der Waals surface area contributed by atoms with E-state index < -0.39 is 94.8 Å². The summed E-state index contributed by atoms with van der Waals surface area (Å²) in [7, 11) is -24.1. The Morgan fingerprint density at radius 3 is 0.595 bits per heavy atom. The minimum atomic E-state index is -4.83. The molecule has 33 heteroatoms. The molecule has 0 fully saturated rings. The monoisotopic (exact) mass is 703 g/mol. The van der Waals surface area contributed by atoms with Crippen molar-refractivity contribution in [3.8, 4) is 0 Å². The van der Waals surface area contributed by atoms with Crippen molar-refractivity contribution in [1.82, 2.24) is 14.7 Å². The van der Waals surface area contributed by atoms with E-state index in [1.807, 2.05) is 39.6 Å². The summed E-state index contributed by atoms with van der Waals surface area (Å²) in [6.07, 6.45) is -6.13. The molecule has 0 saturated carbocycles. The first-order chi connectivity index (χ1) is 19.5. The molecule has 0 unspecified atom stereocenters. The molecule has 0 rings (SSSR count). The fourth-order valence-corrected chi connectivity index (χ4v) is 7.66. The minimum Gasteiger partial charge on any atom is -0.290 e.